The van der Waals surface area contributed by atoms with Crippen LogP contribution in [0, 0.1) is 13.8 Å². The second-order valence-corrected chi connectivity index (χ2v) is 14.1. The van der Waals surface area contributed by atoms with E-state index < -0.39 is 28.5 Å². The van der Waals surface area contributed by atoms with E-state index >= 15 is 0 Å². The number of rotatable bonds is 11. The maximum Gasteiger partial charge on any atom is 0.244 e. The summed E-state index contributed by atoms with van der Waals surface area (Å²) < 4.78 is 28.2. The van der Waals surface area contributed by atoms with Crippen molar-refractivity contribution in [3.05, 3.63) is 99.5 Å². The number of nitrogens with zero attached hydrogens (tertiary/aromatic N) is 2. The lowest BCUT2D eigenvalue weighted by molar-refractivity contribution is -0.140. The third kappa shape index (κ3) is 8.67. The number of amides is 2. The lowest BCUT2D eigenvalue weighted by atomic mass is 9.94. The van der Waals surface area contributed by atoms with Gasteiger partial charge in [0.2, 0.25) is 21.8 Å². The van der Waals surface area contributed by atoms with Gasteiger partial charge in [-0.05, 0) is 67.1 Å². The maximum absolute atomic E-state index is 14.3. The number of aryl methyl sites for hydroxylation is 2. The monoisotopic (exact) mass is 653 g/mol. The first kappa shape index (κ1) is 31.8. The minimum Gasteiger partial charge on any atom is -0.352 e. The van der Waals surface area contributed by atoms with Gasteiger partial charge in [-0.25, -0.2) is 8.42 Å². The molecule has 0 unspecified atom stereocenters. The van der Waals surface area contributed by atoms with Crippen LogP contribution in [0.3, 0.4) is 0 Å². The maximum atomic E-state index is 14.3. The van der Waals surface area contributed by atoms with Crippen LogP contribution in [-0.2, 0) is 32.6 Å². The smallest absolute Gasteiger partial charge is 0.244 e. The number of sulfonamides is 1. The zero-order valence-corrected chi connectivity index (χ0v) is 27.0. The van der Waals surface area contributed by atoms with Crippen molar-refractivity contribution in [3.8, 4) is 0 Å². The second kappa shape index (κ2) is 14.3. The largest absolute Gasteiger partial charge is 0.352 e. The Kier molecular flexibility index (Phi) is 10.8. The average Bonchev–Trinajstić information content (AvgIpc) is 2.95. The van der Waals surface area contributed by atoms with Gasteiger partial charge >= 0.3 is 0 Å². The van der Waals surface area contributed by atoms with Gasteiger partial charge in [-0.15, -0.1) is 0 Å². The highest BCUT2D eigenvalue weighted by atomic mass is 79.9. The minimum atomic E-state index is -3.82. The highest BCUT2D eigenvalue weighted by Gasteiger charge is 2.34. The van der Waals surface area contributed by atoms with Crippen molar-refractivity contribution >= 4 is 43.5 Å². The van der Waals surface area contributed by atoms with Crippen LogP contribution in [0.15, 0.2) is 77.3 Å². The number of hydrogen-bond donors (Lipinski definition) is 1. The zero-order chi connectivity index (χ0) is 30.3. The number of nitrogens with one attached hydrogen (secondary N) is 1. The Hall–Kier alpha value is -3.17. The van der Waals surface area contributed by atoms with Gasteiger partial charge in [-0.3, -0.25) is 13.9 Å². The molecule has 1 saturated carbocycles. The van der Waals surface area contributed by atoms with E-state index in [0.717, 1.165) is 69.4 Å². The molecular formula is C33H40BrN3O4S. The molecule has 3 aromatic carbocycles. The summed E-state index contributed by atoms with van der Waals surface area (Å²) in [4.78, 5) is 29.9. The van der Waals surface area contributed by atoms with Gasteiger partial charge in [0, 0.05) is 23.5 Å². The van der Waals surface area contributed by atoms with E-state index in [0.29, 0.717) is 12.1 Å². The number of carbonyl (C=O) groups excluding carboxylic acids is 2. The Balaban J connectivity index is 1.74. The molecule has 42 heavy (non-hydrogen) atoms. The van der Waals surface area contributed by atoms with Crippen LogP contribution in [0.2, 0.25) is 0 Å². The van der Waals surface area contributed by atoms with Crippen LogP contribution in [-0.4, -0.2) is 50.0 Å². The fourth-order valence-electron chi connectivity index (χ4n) is 5.51. The fraction of sp³-hybridized carbons (Fsp3) is 0.394. The second-order valence-electron chi connectivity index (χ2n) is 11.3. The van der Waals surface area contributed by atoms with Gasteiger partial charge in [0.1, 0.15) is 12.6 Å². The Labute approximate surface area is 258 Å². The summed E-state index contributed by atoms with van der Waals surface area (Å²) in [6.07, 6.45) is 6.53. The molecule has 0 spiro atoms. The van der Waals surface area contributed by atoms with Gasteiger partial charge in [0.15, 0.2) is 0 Å². The van der Waals surface area contributed by atoms with Crippen molar-refractivity contribution in [2.45, 2.75) is 71.0 Å². The van der Waals surface area contributed by atoms with Crippen molar-refractivity contribution in [2.24, 2.45) is 0 Å². The van der Waals surface area contributed by atoms with E-state index in [1.54, 1.807) is 11.0 Å². The molecule has 4 rings (SSSR count). The summed E-state index contributed by atoms with van der Waals surface area (Å²) in [5, 5.41) is 3.23. The molecule has 0 aromatic heterocycles. The number of carbonyl (C=O) groups is 2. The van der Waals surface area contributed by atoms with Crippen molar-refractivity contribution in [3.63, 3.8) is 0 Å². The fourth-order valence-corrected chi connectivity index (χ4v) is 6.86. The lowest BCUT2D eigenvalue weighted by Crippen LogP contribution is -2.55. The lowest BCUT2D eigenvalue weighted by Gasteiger charge is -2.35. The average molecular weight is 655 g/mol. The zero-order valence-electron chi connectivity index (χ0n) is 24.6. The van der Waals surface area contributed by atoms with Gasteiger partial charge in [-0.2, -0.15) is 0 Å². The first-order valence-electron chi connectivity index (χ1n) is 14.4. The summed E-state index contributed by atoms with van der Waals surface area (Å²) in [7, 11) is -3.82. The van der Waals surface area contributed by atoms with E-state index in [4.69, 9.17) is 0 Å². The van der Waals surface area contributed by atoms with Gasteiger partial charge < -0.3 is 10.2 Å². The predicted octanol–water partition coefficient (Wildman–Crippen LogP) is 5.92. The predicted molar refractivity (Wildman–Crippen MR) is 172 cm³/mol. The molecule has 224 valence electrons. The van der Waals surface area contributed by atoms with E-state index in [1.807, 2.05) is 80.6 Å². The molecule has 1 aliphatic rings. The molecule has 0 aliphatic heterocycles. The Morgan fingerprint density at radius 3 is 2.29 bits per heavy atom. The molecule has 2 amide bonds. The quantitative estimate of drug-likeness (QED) is 0.278. The Morgan fingerprint density at radius 1 is 0.929 bits per heavy atom. The van der Waals surface area contributed by atoms with Crippen LogP contribution < -0.4 is 9.62 Å². The van der Waals surface area contributed by atoms with Crippen LogP contribution in [0.5, 0.6) is 0 Å². The number of halogens is 1. The summed E-state index contributed by atoms with van der Waals surface area (Å²) in [6, 6.07) is 22.0. The highest BCUT2D eigenvalue weighted by molar-refractivity contribution is 9.10. The topological polar surface area (TPSA) is 86.8 Å². The van der Waals surface area contributed by atoms with E-state index in [2.05, 4.69) is 21.2 Å². The highest BCUT2D eigenvalue weighted by Crippen LogP contribution is 2.26. The Bertz CT molecular complexity index is 1490. The molecule has 1 N–H and O–H groups in total. The molecule has 0 heterocycles. The van der Waals surface area contributed by atoms with E-state index in [-0.39, 0.29) is 18.5 Å². The molecule has 0 bridgehead atoms. The molecule has 9 heteroatoms. The third-order valence-corrected chi connectivity index (χ3v) is 9.40. The number of hydrogen-bond acceptors (Lipinski definition) is 4. The summed E-state index contributed by atoms with van der Waals surface area (Å²) >= 11 is 3.52. The standard InChI is InChI=1S/C33H40BrN3O4S/c1-24-17-18-25(2)30(19-24)37(42(3,40)41)23-32(38)36(22-27-13-10-14-28(34)20-27)31(21-26-11-6-4-7-12-26)33(39)35-29-15-8-5-9-16-29/h4,6-7,10-14,17-20,29,31H,5,8-9,15-16,21-23H2,1-3H3,(H,35,39)/t31-/m1/s1. The number of benzene rings is 3. The molecule has 7 nitrogen and oxygen atoms in total. The normalized spacial score (nSPS) is 14.7. The molecule has 1 aliphatic carbocycles. The molecular weight excluding hydrogens is 614 g/mol. The first-order valence-corrected chi connectivity index (χ1v) is 17.1. The van der Waals surface area contributed by atoms with Crippen molar-refractivity contribution in [2.75, 3.05) is 17.1 Å². The van der Waals surface area contributed by atoms with Gasteiger partial charge in [0.25, 0.3) is 0 Å². The molecule has 3 aromatic rings. The summed E-state index contributed by atoms with van der Waals surface area (Å²) in [5.41, 5.74) is 3.84. The SMILES string of the molecule is Cc1ccc(C)c(N(CC(=O)N(Cc2cccc(Br)c2)[C@H](Cc2ccccc2)C(=O)NC2CCCCC2)S(C)(=O)=O)c1. The molecule has 1 atom stereocenters. The third-order valence-electron chi connectivity index (χ3n) is 7.78. The van der Waals surface area contributed by atoms with Crippen molar-refractivity contribution in [1.29, 1.82) is 0 Å². The minimum absolute atomic E-state index is 0.0646. The van der Waals surface area contributed by atoms with Crippen LogP contribution in [0.25, 0.3) is 0 Å². The first-order chi connectivity index (χ1) is 20.0. The van der Waals surface area contributed by atoms with Gasteiger partial charge in [-0.1, -0.05) is 89.8 Å². The molecule has 0 radical (unpaired) electrons. The molecule has 0 saturated heterocycles. The van der Waals surface area contributed by atoms with Crippen molar-refractivity contribution in [1.82, 2.24) is 10.2 Å². The Morgan fingerprint density at radius 2 is 1.62 bits per heavy atom. The van der Waals surface area contributed by atoms with Crippen LogP contribution >= 0.6 is 15.9 Å². The van der Waals surface area contributed by atoms with E-state index in [1.165, 1.54) is 0 Å². The van der Waals surface area contributed by atoms with E-state index in [9.17, 15) is 18.0 Å². The van der Waals surface area contributed by atoms with Crippen LogP contribution in [0.1, 0.15) is 54.4 Å². The summed E-state index contributed by atoms with van der Waals surface area (Å²) in [5.74, 6) is -0.659. The van der Waals surface area contributed by atoms with Crippen LogP contribution in [0.4, 0.5) is 5.69 Å². The molecule has 1 fully saturated rings. The van der Waals surface area contributed by atoms with Crippen molar-refractivity contribution < 1.29 is 18.0 Å². The summed E-state index contributed by atoms with van der Waals surface area (Å²) in [6.45, 7) is 3.44. The van der Waals surface area contributed by atoms with Gasteiger partial charge in [0.05, 0.1) is 11.9 Å². The number of anilines is 1.